The van der Waals surface area contributed by atoms with Crippen LogP contribution in [0.25, 0.3) is 16.3 Å². The van der Waals surface area contributed by atoms with Crippen molar-refractivity contribution in [2.24, 2.45) is 7.05 Å². The van der Waals surface area contributed by atoms with E-state index in [9.17, 15) is 21.6 Å². The Balaban J connectivity index is 0.000000493. The fourth-order valence-corrected chi connectivity index (χ4v) is 7.99. The molecule has 6 rings (SSSR count). The number of anilines is 1. The molecule has 1 aromatic heterocycles. The predicted octanol–water partition coefficient (Wildman–Crippen LogP) is 7.04. The number of aryl methyl sites for hydroxylation is 1. The summed E-state index contributed by atoms with van der Waals surface area (Å²) < 4.78 is 62.9. The van der Waals surface area contributed by atoms with Crippen molar-refractivity contribution in [1.82, 2.24) is 13.9 Å². The van der Waals surface area contributed by atoms with Crippen molar-refractivity contribution in [2.45, 2.75) is 55.4 Å². The number of carbonyl (C=O) groups is 1. The number of sulfonamides is 1. The molecule has 4 aromatic rings. The van der Waals surface area contributed by atoms with Gasteiger partial charge >= 0.3 is 12.1 Å². The number of nitrogens with one attached hydrogen (secondary N) is 1. The molecule has 2 bridgehead atoms. The van der Waals surface area contributed by atoms with Crippen molar-refractivity contribution >= 4 is 49.6 Å². The number of hydrogen-bond acceptors (Lipinski definition) is 5. The van der Waals surface area contributed by atoms with Crippen LogP contribution < -0.4 is 5.32 Å². The van der Waals surface area contributed by atoms with E-state index < -0.39 is 22.2 Å². The van der Waals surface area contributed by atoms with Gasteiger partial charge in [0.2, 0.25) is 10.0 Å². The Kier molecular flexibility index (Phi) is 8.79. The molecule has 2 N–H and O–H groups in total. The van der Waals surface area contributed by atoms with Gasteiger partial charge in [-0.3, -0.25) is 0 Å². The lowest BCUT2D eigenvalue weighted by atomic mass is 9.99. The zero-order valence-electron chi connectivity index (χ0n) is 23.8. The number of imidazole rings is 1. The first kappa shape index (κ1) is 31.6. The monoisotopic (exact) mass is 646 g/mol. The van der Waals surface area contributed by atoms with Crippen LogP contribution in [0.15, 0.2) is 84.0 Å². The summed E-state index contributed by atoms with van der Waals surface area (Å²) in [4.78, 5) is 13.6. The van der Waals surface area contributed by atoms with Gasteiger partial charge in [-0.15, -0.1) is 0 Å². The topological polar surface area (TPSA) is 105 Å². The van der Waals surface area contributed by atoms with Crippen molar-refractivity contribution < 1.29 is 31.5 Å². The van der Waals surface area contributed by atoms with Crippen molar-refractivity contribution in [3.05, 3.63) is 95.5 Å². The second-order valence-corrected chi connectivity index (χ2v) is 13.0. The quantitative estimate of drug-likeness (QED) is 0.233. The molecule has 0 aliphatic carbocycles. The molecule has 0 amide bonds. The maximum Gasteiger partial charge on any atom is 0.490 e. The molecular weight excluding hydrogens is 617 g/mol. The Morgan fingerprint density at radius 2 is 1.82 bits per heavy atom. The van der Waals surface area contributed by atoms with Crippen LogP contribution in [0.5, 0.6) is 0 Å². The molecule has 3 aromatic carbocycles. The summed E-state index contributed by atoms with van der Waals surface area (Å²) in [6.07, 6.45) is 3.00. The number of carboxylic acid groups (broad SMARTS) is 1. The molecule has 2 aliphatic heterocycles. The maximum absolute atomic E-state index is 13.8. The number of fused-ring (bicyclic) bond motifs is 3. The molecule has 0 spiro atoms. The average molecular weight is 647 g/mol. The van der Waals surface area contributed by atoms with Crippen molar-refractivity contribution in [2.75, 3.05) is 5.32 Å². The minimum atomic E-state index is -5.08. The molecule has 2 aliphatic rings. The number of aliphatic carboxylic acids is 1. The second kappa shape index (κ2) is 12.3. The Morgan fingerprint density at radius 3 is 2.45 bits per heavy atom. The lowest BCUT2D eigenvalue weighted by Crippen LogP contribution is -2.43. The third-order valence-electron chi connectivity index (χ3n) is 7.86. The fraction of sp³-hybridized carbons (Fsp3) is 0.290. The van der Waals surface area contributed by atoms with Crippen LogP contribution in [0.1, 0.15) is 43.6 Å². The minimum Gasteiger partial charge on any atom is -0.475 e. The molecule has 3 heterocycles. The van der Waals surface area contributed by atoms with E-state index in [1.807, 2.05) is 36.0 Å². The molecule has 3 atom stereocenters. The minimum absolute atomic E-state index is 0.0151. The van der Waals surface area contributed by atoms with Gasteiger partial charge in [-0.1, -0.05) is 60.1 Å². The van der Waals surface area contributed by atoms with Crippen LogP contribution in [0, 0.1) is 0 Å². The third kappa shape index (κ3) is 6.33. The van der Waals surface area contributed by atoms with E-state index in [0.29, 0.717) is 17.1 Å². The van der Waals surface area contributed by atoms with Crippen molar-refractivity contribution in [3.63, 3.8) is 0 Å². The van der Waals surface area contributed by atoms with Crippen LogP contribution in [0.4, 0.5) is 18.9 Å². The summed E-state index contributed by atoms with van der Waals surface area (Å²) in [5.74, 6) is -1.85. The second-order valence-electron chi connectivity index (χ2n) is 10.8. The third-order valence-corrected chi connectivity index (χ3v) is 10.1. The molecule has 1 fully saturated rings. The van der Waals surface area contributed by atoms with Crippen LogP contribution >= 0.6 is 11.6 Å². The lowest BCUT2D eigenvalue weighted by molar-refractivity contribution is -0.192. The number of benzene rings is 3. The van der Waals surface area contributed by atoms with Crippen LogP contribution in [-0.2, 0) is 21.9 Å². The highest BCUT2D eigenvalue weighted by molar-refractivity contribution is 7.89. The Morgan fingerprint density at radius 1 is 1.11 bits per heavy atom. The van der Waals surface area contributed by atoms with E-state index in [-0.39, 0.29) is 23.0 Å². The number of aromatic nitrogens is 2. The summed E-state index contributed by atoms with van der Waals surface area (Å²) in [5, 5.41) is 13.3. The highest BCUT2D eigenvalue weighted by atomic mass is 35.5. The van der Waals surface area contributed by atoms with Gasteiger partial charge in [0.25, 0.3) is 0 Å². The molecule has 0 saturated carbocycles. The summed E-state index contributed by atoms with van der Waals surface area (Å²) in [6.45, 7) is 2.08. The lowest BCUT2D eigenvalue weighted by Gasteiger charge is -2.33. The standard InChI is InChI=1S/C29H29ClN4O2S.C2HF3O2/c1-19(25-9-5-7-20-6-3-4-8-26(20)25)32-28-13-12-24(18-27(28)30)37(35,36)34-22-10-11-23(34)17-21(16-22)29-31-14-15-33(29)2;3-2(4,5)1(6)7/h3-9,12-16,18-19,22-23,32H,10-11,17H2,1-2H3;(H,6,7)/t19-,22?,23?;/m0./s1. The van der Waals surface area contributed by atoms with Crippen molar-refractivity contribution in [3.8, 4) is 0 Å². The smallest absolute Gasteiger partial charge is 0.475 e. The first-order valence-corrected chi connectivity index (χ1v) is 15.6. The molecule has 13 heteroatoms. The first-order valence-electron chi connectivity index (χ1n) is 13.8. The summed E-state index contributed by atoms with van der Waals surface area (Å²) in [7, 11) is -1.73. The molecule has 2 unspecified atom stereocenters. The number of rotatable bonds is 6. The molecule has 44 heavy (non-hydrogen) atoms. The van der Waals surface area contributed by atoms with E-state index in [4.69, 9.17) is 21.5 Å². The van der Waals surface area contributed by atoms with E-state index >= 15 is 0 Å². The van der Waals surface area contributed by atoms with E-state index in [2.05, 4.69) is 47.6 Å². The molecular formula is C31H30ClF3N4O4S. The van der Waals surface area contributed by atoms with Crippen LogP contribution in [0.3, 0.4) is 0 Å². The predicted molar refractivity (Wildman–Crippen MR) is 163 cm³/mol. The van der Waals surface area contributed by atoms with Crippen molar-refractivity contribution in [1.29, 1.82) is 0 Å². The number of halogens is 4. The van der Waals surface area contributed by atoms with Gasteiger partial charge < -0.3 is 15.0 Å². The average Bonchev–Trinajstić information content (AvgIpc) is 3.53. The number of nitrogens with zero attached hydrogens (tertiary/aromatic N) is 3. The van der Waals surface area contributed by atoms with E-state index in [1.165, 1.54) is 10.8 Å². The molecule has 1 saturated heterocycles. The Labute approximate surface area is 257 Å². The number of hydrogen-bond donors (Lipinski definition) is 2. The largest absolute Gasteiger partial charge is 0.490 e. The van der Waals surface area contributed by atoms with Crippen LogP contribution in [0.2, 0.25) is 5.02 Å². The van der Waals surface area contributed by atoms with Crippen LogP contribution in [-0.4, -0.2) is 51.6 Å². The summed E-state index contributed by atoms with van der Waals surface area (Å²) in [6, 6.07) is 19.3. The van der Waals surface area contributed by atoms with Gasteiger partial charge in [-0.2, -0.15) is 17.5 Å². The summed E-state index contributed by atoms with van der Waals surface area (Å²) >= 11 is 6.65. The first-order chi connectivity index (χ1) is 20.8. The number of carboxylic acids is 1. The fourth-order valence-electron chi connectivity index (χ4n) is 5.84. The SMILES string of the molecule is C[C@H](Nc1ccc(S(=O)(=O)N2C3C=C(c4nccn4C)CC2CC3)cc1Cl)c1cccc2ccccc12.O=C(O)C(F)(F)F. The molecule has 232 valence electrons. The van der Waals surface area contributed by atoms with Gasteiger partial charge in [0.05, 0.1) is 15.6 Å². The highest BCUT2D eigenvalue weighted by Crippen LogP contribution is 2.42. The summed E-state index contributed by atoms with van der Waals surface area (Å²) in [5.41, 5.74) is 2.98. The normalized spacial score (nSPS) is 19.2. The van der Waals surface area contributed by atoms with E-state index in [0.717, 1.165) is 29.8 Å². The van der Waals surface area contributed by atoms with Gasteiger partial charge in [0.1, 0.15) is 5.82 Å². The van der Waals surface area contributed by atoms with E-state index in [1.54, 1.807) is 28.7 Å². The number of alkyl halides is 3. The van der Waals surface area contributed by atoms with Gasteiger partial charge in [0.15, 0.2) is 0 Å². The van der Waals surface area contributed by atoms with Gasteiger partial charge in [-0.25, -0.2) is 18.2 Å². The highest BCUT2D eigenvalue weighted by Gasteiger charge is 2.45. The molecule has 0 radical (unpaired) electrons. The maximum atomic E-state index is 13.8. The Hall–Kier alpha value is -3.87. The van der Waals surface area contributed by atoms with Gasteiger partial charge in [0, 0.05) is 37.6 Å². The zero-order valence-corrected chi connectivity index (χ0v) is 25.4. The molecule has 8 nitrogen and oxygen atoms in total. The van der Waals surface area contributed by atoms with Gasteiger partial charge in [-0.05, 0) is 66.3 Å². The Bertz CT molecular complexity index is 1840. The zero-order chi connectivity index (χ0) is 31.8.